The molecule has 0 radical (unpaired) electrons. The minimum absolute atomic E-state index is 0.0828. The van der Waals surface area contributed by atoms with E-state index >= 15 is 0 Å². The van der Waals surface area contributed by atoms with Gasteiger partial charge in [-0.05, 0) is 0 Å². The SMILES string of the molecule is O=C(O)Cc1nc2n(n1)CCS2. The Hall–Kier alpha value is -1.04. The maximum atomic E-state index is 10.3. The van der Waals surface area contributed by atoms with Gasteiger partial charge < -0.3 is 5.11 Å². The molecule has 0 unspecified atom stereocenters. The standard InChI is InChI=1S/C6H7N3O2S/c10-5(11)3-4-7-6-9(8-4)1-2-12-6/h1-3H2,(H,10,11). The van der Waals surface area contributed by atoms with Crippen LogP contribution in [0.5, 0.6) is 0 Å². The Balaban J connectivity index is 2.20. The summed E-state index contributed by atoms with van der Waals surface area (Å²) in [7, 11) is 0. The lowest BCUT2D eigenvalue weighted by Crippen LogP contribution is -2.03. The lowest BCUT2D eigenvalue weighted by molar-refractivity contribution is -0.136. The first-order valence-corrected chi connectivity index (χ1v) is 4.52. The van der Waals surface area contributed by atoms with E-state index in [4.69, 9.17) is 5.11 Å². The van der Waals surface area contributed by atoms with Crippen LogP contribution in [0.3, 0.4) is 0 Å². The molecule has 0 aromatic carbocycles. The van der Waals surface area contributed by atoms with Gasteiger partial charge in [-0.25, -0.2) is 9.67 Å². The number of carbonyl (C=O) groups is 1. The number of hydrogen-bond donors (Lipinski definition) is 1. The third kappa shape index (κ3) is 1.29. The molecule has 0 spiro atoms. The fourth-order valence-corrected chi connectivity index (χ4v) is 1.96. The quantitative estimate of drug-likeness (QED) is 0.703. The third-order valence-corrected chi connectivity index (χ3v) is 2.47. The molecule has 0 amide bonds. The first kappa shape index (κ1) is 7.60. The summed E-state index contributed by atoms with van der Waals surface area (Å²) >= 11 is 1.61. The van der Waals surface area contributed by atoms with Crippen molar-refractivity contribution < 1.29 is 9.90 Å². The molecule has 12 heavy (non-hydrogen) atoms. The molecule has 1 aliphatic heterocycles. The summed E-state index contributed by atoms with van der Waals surface area (Å²) in [5.74, 6) is 0.511. The van der Waals surface area contributed by atoms with Crippen LogP contribution in [0.4, 0.5) is 0 Å². The van der Waals surface area contributed by atoms with Crippen LogP contribution in [-0.2, 0) is 17.8 Å². The fraction of sp³-hybridized carbons (Fsp3) is 0.500. The summed E-state index contributed by atoms with van der Waals surface area (Å²) in [6, 6.07) is 0. The van der Waals surface area contributed by atoms with E-state index in [1.807, 2.05) is 0 Å². The molecule has 5 nitrogen and oxygen atoms in total. The van der Waals surface area contributed by atoms with Crippen LogP contribution in [0.25, 0.3) is 0 Å². The number of fused-ring (bicyclic) bond motifs is 1. The Bertz CT molecular complexity index is 301. The van der Waals surface area contributed by atoms with Gasteiger partial charge in [0.2, 0.25) is 0 Å². The summed E-state index contributed by atoms with van der Waals surface area (Å²) in [6.45, 7) is 0.840. The molecule has 1 aromatic rings. The van der Waals surface area contributed by atoms with E-state index in [1.165, 1.54) is 0 Å². The average molecular weight is 185 g/mol. The van der Waals surface area contributed by atoms with Gasteiger partial charge in [0.05, 0.1) is 6.54 Å². The van der Waals surface area contributed by atoms with Crippen molar-refractivity contribution in [3.8, 4) is 0 Å². The highest BCUT2D eigenvalue weighted by atomic mass is 32.2. The average Bonchev–Trinajstić information content (AvgIpc) is 2.43. The van der Waals surface area contributed by atoms with Crippen molar-refractivity contribution in [1.29, 1.82) is 0 Å². The molecule has 0 saturated carbocycles. The molecule has 0 saturated heterocycles. The number of aromatic nitrogens is 3. The second kappa shape index (κ2) is 2.78. The molecule has 64 valence electrons. The Kier molecular flexibility index (Phi) is 1.76. The van der Waals surface area contributed by atoms with Crippen LogP contribution >= 0.6 is 11.8 Å². The van der Waals surface area contributed by atoms with E-state index < -0.39 is 5.97 Å². The van der Waals surface area contributed by atoms with Gasteiger partial charge in [0.1, 0.15) is 6.42 Å². The van der Waals surface area contributed by atoms with Gasteiger partial charge in [-0.1, -0.05) is 11.8 Å². The second-order valence-electron chi connectivity index (χ2n) is 2.45. The number of carboxylic acids is 1. The Morgan fingerprint density at radius 1 is 1.75 bits per heavy atom. The zero-order valence-electron chi connectivity index (χ0n) is 6.23. The Morgan fingerprint density at radius 3 is 3.25 bits per heavy atom. The molecule has 0 fully saturated rings. The minimum atomic E-state index is -0.885. The van der Waals surface area contributed by atoms with Crippen LogP contribution in [0.2, 0.25) is 0 Å². The lowest BCUT2D eigenvalue weighted by Gasteiger charge is -1.88. The van der Waals surface area contributed by atoms with Gasteiger partial charge in [0.15, 0.2) is 11.0 Å². The topological polar surface area (TPSA) is 68.0 Å². The highest BCUT2D eigenvalue weighted by Crippen LogP contribution is 2.22. The van der Waals surface area contributed by atoms with Gasteiger partial charge in [0.25, 0.3) is 0 Å². The number of carboxylic acid groups (broad SMARTS) is 1. The molecule has 0 aliphatic carbocycles. The van der Waals surface area contributed by atoms with Crippen LogP contribution in [0.1, 0.15) is 5.82 Å². The molecule has 0 atom stereocenters. The fourth-order valence-electron chi connectivity index (χ4n) is 1.06. The van der Waals surface area contributed by atoms with Gasteiger partial charge in [-0.2, -0.15) is 5.10 Å². The molecular weight excluding hydrogens is 178 g/mol. The van der Waals surface area contributed by atoms with Crippen LogP contribution < -0.4 is 0 Å². The number of aliphatic carboxylic acids is 1. The maximum Gasteiger partial charge on any atom is 0.311 e. The van der Waals surface area contributed by atoms with Gasteiger partial charge in [-0.3, -0.25) is 4.79 Å². The molecule has 1 aromatic heterocycles. The summed E-state index contributed by atoms with van der Waals surface area (Å²) in [6.07, 6.45) is -0.0828. The normalized spacial score (nSPS) is 14.7. The molecule has 1 N–H and O–H groups in total. The summed E-state index contributed by atoms with van der Waals surface area (Å²) in [5.41, 5.74) is 0. The van der Waals surface area contributed by atoms with Crippen molar-refractivity contribution >= 4 is 17.7 Å². The summed E-state index contributed by atoms with van der Waals surface area (Å²) < 4.78 is 1.75. The van der Waals surface area contributed by atoms with Crippen LogP contribution in [-0.4, -0.2) is 31.6 Å². The van der Waals surface area contributed by atoms with Crippen LogP contribution in [0, 0.1) is 0 Å². The highest BCUT2D eigenvalue weighted by molar-refractivity contribution is 7.99. The largest absolute Gasteiger partial charge is 0.481 e. The monoisotopic (exact) mass is 185 g/mol. The van der Waals surface area contributed by atoms with Gasteiger partial charge in [0, 0.05) is 5.75 Å². The summed E-state index contributed by atoms with van der Waals surface area (Å²) in [5, 5.41) is 13.3. The number of hydrogen-bond acceptors (Lipinski definition) is 4. The van der Waals surface area contributed by atoms with Crippen molar-refractivity contribution in [2.75, 3.05) is 5.75 Å². The maximum absolute atomic E-state index is 10.3. The first-order valence-electron chi connectivity index (χ1n) is 3.54. The van der Waals surface area contributed by atoms with Crippen molar-refractivity contribution in [2.45, 2.75) is 18.1 Å². The molecule has 6 heteroatoms. The Labute approximate surface area is 72.8 Å². The second-order valence-corrected chi connectivity index (χ2v) is 3.51. The lowest BCUT2D eigenvalue weighted by atomic mass is 10.4. The van der Waals surface area contributed by atoms with E-state index in [0.717, 1.165) is 17.5 Å². The van der Waals surface area contributed by atoms with Crippen molar-refractivity contribution in [1.82, 2.24) is 14.8 Å². The van der Waals surface area contributed by atoms with E-state index in [1.54, 1.807) is 16.4 Å². The van der Waals surface area contributed by atoms with E-state index in [9.17, 15) is 4.79 Å². The number of rotatable bonds is 2. The third-order valence-electron chi connectivity index (χ3n) is 1.53. The van der Waals surface area contributed by atoms with Crippen LogP contribution in [0.15, 0.2) is 5.16 Å². The van der Waals surface area contributed by atoms with Gasteiger partial charge in [-0.15, -0.1) is 0 Å². The molecule has 2 heterocycles. The summed E-state index contributed by atoms with van der Waals surface area (Å²) in [4.78, 5) is 14.4. The Morgan fingerprint density at radius 2 is 2.58 bits per heavy atom. The van der Waals surface area contributed by atoms with Crippen molar-refractivity contribution in [3.05, 3.63) is 5.82 Å². The molecule has 2 rings (SSSR count). The molecule has 0 bridgehead atoms. The van der Waals surface area contributed by atoms with Crippen molar-refractivity contribution in [3.63, 3.8) is 0 Å². The molecular formula is C6H7N3O2S. The number of nitrogens with zero attached hydrogens (tertiary/aromatic N) is 3. The van der Waals surface area contributed by atoms with Gasteiger partial charge >= 0.3 is 5.97 Å². The highest BCUT2D eigenvalue weighted by Gasteiger charge is 2.16. The number of thioether (sulfide) groups is 1. The molecule has 1 aliphatic rings. The zero-order chi connectivity index (χ0) is 8.55. The zero-order valence-corrected chi connectivity index (χ0v) is 7.04. The smallest absolute Gasteiger partial charge is 0.311 e. The van der Waals surface area contributed by atoms with E-state index in [-0.39, 0.29) is 6.42 Å². The van der Waals surface area contributed by atoms with E-state index in [2.05, 4.69) is 10.1 Å². The van der Waals surface area contributed by atoms with Crippen molar-refractivity contribution in [2.24, 2.45) is 0 Å². The predicted octanol–water partition coefficient (Wildman–Crippen LogP) is 0.0109. The van der Waals surface area contributed by atoms with E-state index in [0.29, 0.717) is 5.82 Å². The first-order chi connectivity index (χ1) is 5.75. The minimum Gasteiger partial charge on any atom is -0.481 e. The number of aryl methyl sites for hydroxylation is 1. The predicted molar refractivity (Wildman–Crippen MR) is 42.1 cm³/mol.